The summed E-state index contributed by atoms with van der Waals surface area (Å²) >= 11 is 0. The molecule has 0 aliphatic rings. The number of hydrogen-bond acceptors (Lipinski definition) is 3. The molecule has 3 heteroatoms. The maximum absolute atomic E-state index is 4.39. The molecule has 94 valence electrons. The van der Waals surface area contributed by atoms with Gasteiger partial charge in [-0.3, -0.25) is 14.9 Å². The second kappa shape index (κ2) is 6.87. The topological polar surface area (TPSA) is 29.0 Å². The van der Waals surface area contributed by atoms with Crippen LogP contribution in [-0.4, -0.2) is 21.4 Å². The smallest absolute Gasteiger partial charge is 0.0544 e. The maximum Gasteiger partial charge on any atom is 0.0544 e. The van der Waals surface area contributed by atoms with Gasteiger partial charge in [-0.05, 0) is 42.8 Å². The SMILES string of the molecule is CCCN(Cc1ccncc1)Cc1ccccn1. The molecule has 0 saturated carbocycles. The lowest BCUT2D eigenvalue weighted by Crippen LogP contribution is -2.24. The summed E-state index contributed by atoms with van der Waals surface area (Å²) in [5.74, 6) is 0. The van der Waals surface area contributed by atoms with Crippen LogP contribution in [-0.2, 0) is 13.1 Å². The molecule has 3 nitrogen and oxygen atoms in total. The van der Waals surface area contributed by atoms with E-state index in [0.717, 1.165) is 31.7 Å². The lowest BCUT2D eigenvalue weighted by Gasteiger charge is -2.21. The van der Waals surface area contributed by atoms with Gasteiger partial charge in [-0.2, -0.15) is 0 Å². The normalized spacial score (nSPS) is 10.8. The lowest BCUT2D eigenvalue weighted by atomic mass is 10.2. The van der Waals surface area contributed by atoms with Gasteiger partial charge in [0.2, 0.25) is 0 Å². The first-order chi connectivity index (χ1) is 8.88. The van der Waals surface area contributed by atoms with Crippen LogP contribution < -0.4 is 0 Å². The van der Waals surface area contributed by atoms with E-state index in [2.05, 4.69) is 40.0 Å². The summed E-state index contributed by atoms with van der Waals surface area (Å²) in [5, 5.41) is 0. The van der Waals surface area contributed by atoms with E-state index in [-0.39, 0.29) is 0 Å². The Bertz CT molecular complexity index is 400. The molecule has 2 aromatic rings. The number of hydrogen-bond donors (Lipinski definition) is 0. The van der Waals surface area contributed by atoms with E-state index in [9.17, 15) is 0 Å². The number of nitrogens with zero attached hydrogens (tertiary/aromatic N) is 3. The molecule has 0 unspecified atom stereocenters. The van der Waals surface area contributed by atoms with E-state index in [1.165, 1.54) is 5.56 Å². The van der Waals surface area contributed by atoms with E-state index in [0.29, 0.717) is 0 Å². The van der Waals surface area contributed by atoms with Crippen LogP contribution in [0, 0.1) is 0 Å². The molecule has 2 aromatic heterocycles. The fraction of sp³-hybridized carbons (Fsp3) is 0.333. The van der Waals surface area contributed by atoms with E-state index in [1.54, 1.807) is 0 Å². The average Bonchev–Trinajstić information content (AvgIpc) is 2.41. The van der Waals surface area contributed by atoms with Gasteiger partial charge in [-0.15, -0.1) is 0 Å². The molecule has 0 spiro atoms. The van der Waals surface area contributed by atoms with Crippen LogP contribution >= 0.6 is 0 Å². The third-order valence-corrected chi connectivity index (χ3v) is 2.81. The number of aromatic nitrogens is 2. The molecule has 0 aromatic carbocycles. The van der Waals surface area contributed by atoms with Gasteiger partial charge >= 0.3 is 0 Å². The summed E-state index contributed by atoms with van der Waals surface area (Å²) in [6.45, 7) is 5.14. The Kier molecular flexibility index (Phi) is 4.85. The van der Waals surface area contributed by atoms with Crippen molar-refractivity contribution in [3.8, 4) is 0 Å². The Morgan fingerprint density at radius 2 is 1.83 bits per heavy atom. The fourth-order valence-electron chi connectivity index (χ4n) is 2.00. The van der Waals surface area contributed by atoms with E-state index >= 15 is 0 Å². The third-order valence-electron chi connectivity index (χ3n) is 2.81. The predicted octanol–water partition coefficient (Wildman–Crippen LogP) is 2.89. The number of rotatable bonds is 6. The second-order valence-corrected chi connectivity index (χ2v) is 4.39. The predicted molar refractivity (Wildman–Crippen MR) is 72.9 cm³/mol. The Labute approximate surface area is 109 Å². The molecule has 0 radical (unpaired) electrons. The van der Waals surface area contributed by atoms with Gasteiger partial charge in [0.25, 0.3) is 0 Å². The molecule has 0 atom stereocenters. The summed E-state index contributed by atoms with van der Waals surface area (Å²) in [7, 11) is 0. The van der Waals surface area contributed by atoms with Gasteiger partial charge < -0.3 is 0 Å². The molecule has 0 saturated heterocycles. The van der Waals surface area contributed by atoms with Gasteiger partial charge in [0, 0.05) is 31.7 Å². The molecule has 0 bridgehead atoms. The van der Waals surface area contributed by atoms with Crippen LogP contribution in [0.15, 0.2) is 48.9 Å². The summed E-state index contributed by atoms with van der Waals surface area (Å²) in [5.41, 5.74) is 2.43. The molecule has 0 aliphatic heterocycles. The quantitative estimate of drug-likeness (QED) is 0.778. The molecule has 0 fully saturated rings. The minimum Gasteiger partial charge on any atom is -0.293 e. The third kappa shape index (κ3) is 3.93. The number of pyridine rings is 2. The molecular weight excluding hydrogens is 222 g/mol. The molecular formula is C15H19N3. The monoisotopic (exact) mass is 241 g/mol. The Balaban J connectivity index is 2.00. The van der Waals surface area contributed by atoms with Gasteiger partial charge in [0.15, 0.2) is 0 Å². The van der Waals surface area contributed by atoms with Crippen LogP contribution in [0.5, 0.6) is 0 Å². The largest absolute Gasteiger partial charge is 0.293 e. The van der Waals surface area contributed by atoms with Crippen molar-refractivity contribution >= 4 is 0 Å². The molecule has 0 aliphatic carbocycles. The van der Waals surface area contributed by atoms with Crippen molar-refractivity contribution in [2.75, 3.05) is 6.54 Å². The summed E-state index contributed by atoms with van der Waals surface area (Å²) in [6.07, 6.45) is 6.70. The van der Waals surface area contributed by atoms with E-state index in [4.69, 9.17) is 0 Å². The van der Waals surface area contributed by atoms with E-state index < -0.39 is 0 Å². The van der Waals surface area contributed by atoms with E-state index in [1.807, 2.05) is 30.7 Å². The van der Waals surface area contributed by atoms with Gasteiger partial charge in [-0.1, -0.05) is 13.0 Å². The highest BCUT2D eigenvalue weighted by Crippen LogP contribution is 2.08. The zero-order chi connectivity index (χ0) is 12.6. The van der Waals surface area contributed by atoms with Crippen molar-refractivity contribution in [2.24, 2.45) is 0 Å². The zero-order valence-corrected chi connectivity index (χ0v) is 10.8. The highest BCUT2D eigenvalue weighted by Gasteiger charge is 2.06. The van der Waals surface area contributed by atoms with Crippen LogP contribution in [0.2, 0.25) is 0 Å². The molecule has 0 N–H and O–H groups in total. The molecule has 2 rings (SSSR count). The molecule has 0 amide bonds. The molecule has 18 heavy (non-hydrogen) atoms. The van der Waals surface area contributed by atoms with Crippen molar-refractivity contribution in [1.29, 1.82) is 0 Å². The van der Waals surface area contributed by atoms with Crippen molar-refractivity contribution in [3.05, 3.63) is 60.2 Å². The zero-order valence-electron chi connectivity index (χ0n) is 10.8. The summed E-state index contributed by atoms with van der Waals surface area (Å²) in [4.78, 5) is 10.9. The van der Waals surface area contributed by atoms with Crippen LogP contribution in [0.25, 0.3) is 0 Å². The van der Waals surface area contributed by atoms with Crippen LogP contribution in [0.3, 0.4) is 0 Å². The van der Waals surface area contributed by atoms with Crippen molar-refractivity contribution in [1.82, 2.24) is 14.9 Å². The standard InChI is InChI=1S/C15H19N3/c1-2-11-18(12-14-6-9-16-10-7-14)13-15-5-3-4-8-17-15/h3-10H,2,11-13H2,1H3. The van der Waals surface area contributed by atoms with Crippen LogP contribution in [0.1, 0.15) is 24.6 Å². The Morgan fingerprint density at radius 3 is 2.50 bits per heavy atom. The lowest BCUT2D eigenvalue weighted by molar-refractivity contribution is 0.254. The fourth-order valence-corrected chi connectivity index (χ4v) is 2.00. The summed E-state index contributed by atoms with van der Waals surface area (Å²) < 4.78 is 0. The first-order valence-corrected chi connectivity index (χ1v) is 6.39. The van der Waals surface area contributed by atoms with Gasteiger partial charge in [-0.25, -0.2) is 0 Å². The first-order valence-electron chi connectivity index (χ1n) is 6.39. The van der Waals surface area contributed by atoms with Gasteiger partial charge in [0.05, 0.1) is 5.69 Å². The van der Waals surface area contributed by atoms with Crippen molar-refractivity contribution in [3.63, 3.8) is 0 Å². The van der Waals surface area contributed by atoms with Crippen LogP contribution in [0.4, 0.5) is 0 Å². The minimum absolute atomic E-state index is 0.900. The minimum atomic E-state index is 0.900. The van der Waals surface area contributed by atoms with Crippen molar-refractivity contribution in [2.45, 2.75) is 26.4 Å². The Morgan fingerprint density at radius 1 is 1.00 bits per heavy atom. The molecule has 2 heterocycles. The van der Waals surface area contributed by atoms with Gasteiger partial charge in [0.1, 0.15) is 0 Å². The first kappa shape index (κ1) is 12.7. The summed E-state index contributed by atoms with van der Waals surface area (Å²) in [6, 6.07) is 10.2. The highest BCUT2D eigenvalue weighted by molar-refractivity contribution is 5.10. The van der Waals surface area contributed by atoms with Crippen molar-refractivity contribution < 1.29 is 0 Å². The second-order valence-electron chi connectivity index (χ2n) is 4.39. The maximum atomic E-state index is 4.39. The average molecular weight is 241 g/mol. The Hall–Kier alpha value is -1.74. The highest BCUT2D eigenvalue weighted by atomic mass is 15.1.